The number of rotatable bonds is 4. The predicted octanol–water partition coefficient (Wildman–Crippen LogP) is 5.26. The number of carbonyl (C=O) groups is 2. The number of benzene rings is 2. The number of aryl methyl sites for hydroxylation is 1. The molecular weight excluding hydrogens is 389 g/mol. The molecule has 0 aliphatic carbocycles. The van der Waals surface area contributed by atoms with E-state index < -0.39 is 0 Å². The van der Waals surface area contributed by atoms with Crippen molar-refractivity contribution in [1.82, 2.24) is 9.47 Å². The SMILES string of the molecule is Cc1cc(C(=O)Nc2ccccc2SC(=O)N(C)C)c(C)n1-c1ccccc1F. The molecule has 0 radical (unpaired) electrons. The van der Waals surface area contributed by atoms with Gasteiger partial charge in [0.05, 0.1) is 16.9 Å². The van der Waals surface area contributed by atoms with Crippen molar-refractivity contribution in [2.45, 2.75) is 18.7 Å². The van der Waals surface area contributed by atoms with Gasteiger partial charge in [-0.3, -0.25) is 9.59 Å². The fourth-order valence-electron chi connectivity index (χ4n) is 3.03. The first kappa shape index (κ1) is 20.7. The van der Waals surface area contributed by atoms with Crippen LogP contribution < -0.4 is 5.32 Å². The second-order valence-corrected chi connectivity index (χ2v) is 7.78. The molecule has 7 heteroatoms. The molecule has 1 N–H and O–H groups in total. The molecule has 0 unspecified atom stereocenters. The molecule has 29 heavy (non-hydrogen) atoms. The summed E-state index contributed by atoms with van der Waals surface area (Å²) < 4.78 is 16.0. The summed E-state index contributed by atoms with van der Waals surface area (Å²) in [5, 5.41) is 2.75. The van der Waals surface area contributed by atoms with Crippen molar-refractivity contribution in [2.75, 3.05) is 19.4 Å². The fourth-order valence-corrected chi connectivity index (χ4v) is 3.78. The predicted molar refractivity (Wildman–Crippen MR) is 115 cm³/mol. The van der Waals surface area contributed by atoms with E-state index in [1.54, 1.807) is 68.1 Å². The number of halogens is 1. The Morgan fingerprint density at radius 1 is 1.03 bits per heavy atom. The van der Waals surface area contributed by atoms with Crippen LogP contribution in [-0.2, 0) is 0 Å². The standard InChI is InChI=1S/C22H22FN3O2S/c1-14-13-16(15(2)26(14)19-11-7-5-9-17(19)23)21(27)24-18-10-6-8-12-20(18)29-22(28)25(3)4/h5-13H,1-4H3,(H,24,27). The fraction of sp³-hybridized carbons (Fsp3) is 0.182. The summed E-state index contributed by atoms with van der Waals surface area (Å²) in [7, 11) is 3.35. The van der Waals surface area contributed by atoms with Crippen LogP contribution in [0.15, 0.2) is 59.5 Å². The molecule has 0 atom stereocenters. The molecule has 0 spiro atoms. The van der Waals surface area contributed by atoms with E-state index >= 15 is 0 Å². The number of amides is 2. The summed E-state index contributed by atoms with van der Waals surface area (Å²) in [6, 6.07) is 15.3. The van der Waals surface area contributed by atoms with E-state index in [0.717, 1.165) is 17.5 Å². The zero-order valence-corrected chi connectivity index (χ0v) is 17.5. The Bertz CT molecular complexity index is 1080. The molecule has 2 aromatic carbocycles. The first-order valence-corrected chi connectivity index (χ1v) is 9.84. The number of hydrogen-bond donors (Lipinski definition) is 1. The zero-order chi connectivity index (χ0) is 21.1. The molecule has 2 amide bonds. The summed E-state index contributed by atoms with van der Waals surface area (Å²) in [6.45, 7) is 3.61. The second-order valence-electron chi connectivity index (χ2n) is 6.78. The summed E-state index contributed by atoms with van der Waals surface area (Å²) in [5.41, 5.74) is 2.79. The van der Waals surface area contributed by atoms with Gasteiger partial charge in [-0.25, -0.2) is 4.39 Å². The van der Waals surface area contributed by atoms with E-state index in [1.165, 1.54) is 11.0 Å². The molecule has 150 valence electrons. The molecule has 1 heterocycles. The van der Waals surface area contributed by atoms with Crippen LogP contribution in [0.5, 0.6) is 0 Å². The van der Waals surface area contributed by atoms with Gasteiger partial charge in [-0.2, -0.15) is 0 Å². The minimum atomic E-state index is -0.356. The van der Waals surface area contributed by atoms with Gasteiger partial charge in [-0.05, 0) is 55.9 Å². The quantitative estimate of drug-likeness (QED) is 0.596. The molecule has 0 saturated carbocycles. The zero-order valence-electron chi connectivity index (χ0n) is 16.7. The third-order valence-electron chi connectivity index (χ3n) is 4.47. The van der Waals surface area contributed by atoms with E-state index in [-0.39, 0.29) is 17.0 Å². The lowest BCUT2D eigenvalue weighted by atomic mass is 10.2. The van der Waals surface area contributed by atoms with Gasteiger partial charge in [0.25, 0.3) is 11.1 Å². The van der Waals surface area contributed by atoms with Crippen molar-refractivity contribution in [3.8, 4) is 5.69 Å². The van der Waals surface area contributed by atoms with Crippen molar-refractivity contribution < 1.29 is 14.0 Å². The van der Waals surface area contributed by atoms with Crippen molar-refractivity contribution in [3.63, 3.8) is 0 Å². The Labute approximate surface area is 173 Å². The van der Waals surface area contributed by atoms with Gasteiger partial charge < -0.3 is 14.8 Å². The molecule has 3 aromatic rings. The molecule has 5 nitrogen and oxygen atoms in total. The molecule has 0 fully saturated rings. The molecule has 3 rings (SSSR count). The lowest BCUT2D eigenvalue weighted by molar-refractivity contribution is 0.102. The first-order valence-electron chi connectivity index (χ1n) is 9.03. The Morgan fingerprint density at radius 2 is 1.69 bits per heavy atom. The van der Waals surface area contributed by atoms with Crippen LogP contribution >= 0.6 is 11.8 Å². The summed E-state index contributed by atoms with van der Waals surface area (Å²) >= 11 is 1.04. The lowest BCUT2D eigenvalue weighted by Crippen LogP contribution is -2.17. The van der Waals surface area contributed by atoms with E-state index in [9.17, 15) is 14.0 Å². The first-order chi connectivity index (χ1) is 13.8. The number of nitrogens with one attached hydrogen (secondary N) is 1. The van der Waals surface area contributed by atoms with Gasteiger partial charge in [0.15, 0.2) is 0 Å². The van der Waals surface area contributed by atoms with E-state index in [0.29, 0.717) is 27.5 Å². The molecule has 0 bridgehead atoms. The number of carbonyl (C=O) groups excluding carboxylic acids is 2. The van der Waals surface area contributed by atoms with Crippen molar-refractivity contribution in [3.05, 3.63) is 77.4 Å². The molecule has 0 aliphatic heterocycles. The minimum Gasteiger partial charge on any atom is -0.339 e. The van der Waals surface area contributed by atoms with Gasteiger partial charge in [0, 0.05) is 30.4 Å². The Hall–Kier alpha value is -3.06. The van der Waals surface area contributed by atoms with Gasteiger partial charge in [0.1, 0.15) is 5.82 Å². The Kier molecular flexibility index (Phi) is 6.08. The molecular formula is C22H22FN3O2S. The lowest BCUT2D eigenvalue weighted by Gasteiger charge is -2.13. The normalized spacial score (nSPS) is 10.7. The van der Waals surface area contributed by atoms with Crippen molar-refractivity contribution in [2.24, 2.45) is 0 Å². The average Bonchev–Trinajstić information content (AvgIpc) is 2.98. The maximum Gasteiger partial charge on any atom is 0.286 e. The maximum atomic E-state index is 14.3. The monoisotopic (exact) mass is 411 g/mol. The molecule has 1 aromatic heterocycles. The second kappa shape index (κ2) is 8.53. The van der Waals surface area contributed by atoms with Crippen LogP contribution in [0.25, 0.3) is 5.69 Å². The number of anilines is 1. The highest BCUT2D eigenvalue weighted by atomic mass is 32.2. The van der Waals surface area contributed by atoms with Gasteiger partial charge in [0.2, 0.25) is 0 Å². The summed E-state index contributed by atoms with van der Waals surface area (Å²) in [6.07, 6.45) is 0. The molecule has 0 saturated heterocycles. The Balaban J connectivity index is 1.91. The van der Waals surface area contributed by atoms with Crippen molar-refractivity contribution in [1.29, 1.82) is 0 Å². The molecule has 0 aliphatic rings. The highest BCUT2D eigenvalue weighted by molar-refractivity contribution is 8.13. The van der Waals surface area contributed by atoms with Crippen LogP contribution in [0, 0.1) is 19.7 Å². The third-order valence-corrected chi connectivity index (χ3v) is 5.58. The van der Waals surface area contributed by atoms with Crippen LogP contribution in [0.1, 0.15) is 21.7 Å². The van der Waals surface area contributed by atoms with E-state index in [2.05, 4.69) is 5.32 Å². The van der Waals surface area contributed by atoms with E-state index in [4.69, 9.17) is 0 Å². The van der Waals surface area contributed by atoms with Crippen LogP contribution in [0.2, 0.25) is 0 Å². The number of hydrogen-bond acceptors (Lipinski definition) is 3. The number of thioether (sulfide) groups is 1. The smallest absolute Gasteiger partial charge is 0.286 e. The van der Waals surface area contributed by atoms with Crippen molar-refractivity contribution >= 4 is 28.6 Å². The van der Waals surface area contributed by atoms with Gasteiger partial charge >= 0.3 is 0 Å². The Morgan fingerprint density at radius 3 is 2.38 bits per heavy atom. The van der Waals surface area contributed by atoms with Crippen LogP contribution in [0.3, 0.4) is 0 Å². The number of aromatic nitrogens is 1. The van der Waals surface area contributed by atoms with Gasteiger partial charge in [-0.1, -0.05) is 24.3 Å². The highest BCUT2D eigenvalue weighted by Crippen LogP contribution is 2.30. The third kappa shape index (κ3) is 4.35. The maximum absolute atomic E-state index is 14.3. The number of para-hydroxylation sites is 2. The van der Waals surface area contributed by atoms with Crippen LogP contribution in [0.4, 0.5) is 14.9 Å². The highest BCUT2D eigenvalue weighted by Gasteiger charge is 2.20. The topological polar surface area (TPSA) is 54.3 Å². The average molecular weight is 412 g/mol. The van der Waals surface area contributed by atoms with Crippen LogP contribution in [-0.4, -0.2) is 34.7 Å². The summed E-state index contributed by atoms with van der Waals surface area (Å²) in [5.74, 6) is -0.670. The van der Waals surface area contributed by atoms with Gasteiger partial charge in [-0.15, -0.1) is 0 Å². The summed E-state index contributed by atoms with van der Waals surface area (Å²) in [4.78, 5) is 27.1. The minimum absolute atomic E-state index is 0.135. The van der Waals surface area contributed by atoms with E-state index in [1.807, 2.05) is 13.0 Å². The largest absolute Gasteiger partial charge is 0.339 e. The number of nitrogens with zero attached hydrogens (tertiary/aromatic N) is 2.